The van der Waals surface area contributed by atoms with Crippen LogP contribution in [-0.4, -0.2) is 78.8 Å². The van der Waals surface area contributed by atoms with Gasteiger partial charge < -0.3 is 28.9 Å². The van der Waals surface area contributed by atoms with Crippen molar-refractivity contribution in [3.05, 3.63) is 54.0 Å². The molecule has 46 heavy (non-hydrogen) atoms. The lowest BCUT2D eigenvalue weighted by Crippen LogP contribution is -2.39. The van der Waals surface area contributed by atoms with Crippen LogP contribution in [0.1, 0.15) is 55.6 Å². The number of methoxy groups -OCH3 is 1. The van der Waals surface area contributed by atoms with E-state index in [9.17, 15) is 14.9 Å². The van der Waals surface area contributed by atoms with Crippen LogP contribution in [0.2, 0.25) is 18.1 Å². The molecular weight excluding hydrogens is 600 g/mol. The molecule has 0 unspecified atom stereocenters. The van der Waals surface area contributed by atoms with E-state index in [2.05, 4.69) is 40.2 Å². The molecule has 5 heterocycles. The van der Waals surface area contributed by atoms with E-state index in [1.54, 1.807) is 36.3 Å². The zero-order valence-electron chi connectivity index (χ0n) is 27.4. The maximum atomic E-state index is 13.3. The summed E-state index contributed by atoms with van der Waals surface area (Å²) in [5, 5.41) is 13.2. The highest BCUT2D eigenvalue weighted by atomic mass is 28.4. The van der Waals surface area contributed by atoms with Gasteiger partial charge in [0.15, 0.2) is 25.4 Å². The Morgan fingerprint density at radius 3 is 2.67 bits per heavy atom. The van der Waals surface area contributed by atoms with Crippen molar-refractivity contribution in [1.82, 2.24) is 19.9 Å². The van der Waals surface area contributed by atoms with Gasteiger partial charge in [-0.1, -0.05) is 13.8 Å². The van der Waals surface area contributed by atoms with Gasteiger partial charge in [-0.25, -0.2) is 9.97 Å². The number of nitriles is 1. The number of carbonyl (C=O) groups is 1. The average Bonchev–Trinajstić information content (AvgIpc) is 3.48. The predicted octanol–water partition coefficient (Wildman–Crippen LogP) is 6.25. The molecule has 2 N–H and O–H groups in total. The van der Waals surface area contributed by atoms with E-state index in [-0.39, 0.29) is 17.0 Å². The molecule has 1 amide bonds. The molecule has 0 radical (unpaired) electrons. The molecule has 242 valence electrons. The number of rotatable bonds is 11. The first-order valence-electron chi connectivity index (χ1n) is 15.6. The van der Waals surface area contributed by atoms with Crippen molar-refractivity contribution in [1.29, 1.82) is 5.26 Å². The second kappa shape index (κ2) is 13.6. The van der Waals surface area contributed by atoms with Gasteiger partial charge >= 0.3 is 0 Å². The minimum Gasteiger partial charge on any atom is -0.494 e. The summed E-state index contributed by atoms with van der Waals surface area (Å²) >= 11 is 0. The number of fused-ring (bicyclic) bond motifs is 1. The average molecular weight is 643 g/mol. The van der Waals surface area contributed by atoms with E-state index in [1.165, 1.54) is 13.3 Å². The number of nitrogens with zero attached hydrogens (tertiary/aromatic N) is 5. The van der Waals surface area contributed by atoms with E-state index in [4.69, 9.17) is 13.9 Å². The molecule has 0 saturated carbocycles. The predicted molar refractivity (Wildman–Crippen MR) is 179 cm³/mol. The molecule has 1 saturated heterocycles. The highest BCUT2D eigenvalue weighted by Crippen LogP contribution is 2.40. The van der Waals surface area contributed by atoms with E-state index >= 15 is 0 Å². The Hall–Kier alpha value is -4.31. The zero-order valence-corrected chi connectivity index (χ0v) is 28.4. The summed E-state index contributed by atoms with van der Waals surface area (Å²) in [5.74, 6) is 0.649. The van der Waals surface area contributed by atoms with Crippen molar-refractivity contribution in [2.45, 2.75) is 63.7 Å². The molecule has 0 atom stereocenters. The van der Waals surface area contributed by atoms with Crippen LogP contribution in [0.3, 0.4) is 0 Å². The number of furan rings is 1. The second-order valence-electron chi connectivity index (χ2n) is 13.0. The molecule has 11 nitrogen and oxygen atoms in total. The summed E-state index contributed by atoms with van der Waals surface area (Å²) < 4.78 is 17.4. The molecule has 1 aliphatic rings. The van der Waals surface area contributed by atoms with Crippen molar-refractivity contribution in [3.8, 4) is 34.5 Å². The van der Waals surface area contributed by atoms with Crippen LogP contribution in [0.5, 0.6) is 5.75 Å². The number of hydrogen-bond donors (Lipinski definition) is 2. The maximum Gasteiger partial charge on any atom is 0.255 e. The molecule has 5 rings (SSSR count). The molecule has 4 aromatic heterocycles. The molecule has 0 bridgehead atoms. The number of anilines is 1. The Morgan fingerprint density at radius 1 is 1.22 bits per heavy atom. The van der Waals surface area contributed by atoms with Gasteiger partial charge in [-0.2, -0.15) is 5.26 Å². The molecule has 4 aromatic rings. The quantitative estimate of drug-likeness (QED) is 0.180. The number of hydrogen-bond acceptors (Lipinski definition) is 10. The van der Waals surface area contributed by atoms with Gasteiger partial charge in [-0.15, -0.1) is 0 Å². The largest absolute Gasteiger partial charge is 0.494 e. The Bertz CT molecular complexity index is 1750. The van der Waals surface area contributed by atoms with Crippen molar-refractivity contribution in [2.24, 2.45) is 0 Å². The maximum absolute atomic E-state index is 13.3. The number of carbonyl (C=O) groups excluding carboxylic acids is 1. The van der Waals surface area contributed by atoms with Crippen molar-refractivity contribution in [3.63, 3.8) is 0 Å². The van der Waals surface area contributed by atoms with Crippen LogP contribution in [0, 0.1) is 11.3 Å². The van der Waals surface area contributed by atoms with E-state index < -0.39 is 8.32 Å². The van der Waals surface area contributed by atoms with Gasteiger partial charge in [0.1, 0.15) is 23.0 Å². The number of pyridine rings is 3. The highest BCUT2D eigenvalue weighted by molar-refractivity contribution is 6.72. The van der Waals surface area contributed by atoms with Gasteiger partial charge in [0.05, 0.1) is 24.1 Å². The Labute approximate surface area is 270 Å². The molecule has 1 fully saturated rings. The topological polar surface area (TPSA) is 147 Å². The highest BCUT2D eigenvalue weighted by Gasteiger charge is 2.37. The van der Waals surface area contributed by atoms with Gasteiger partial charge in [0, 0.05) is 56.9 Å². The minimum absolute atomic E-state index is 0.149. The first-order valence-corrected chi connectivity index (χ1v) is 18.5. The van der Waals surface area contributed by atoms with Crippen LogP contribution < -0.4 is 10.1 Å². The monoisotopic (exact) mass is 642 g/mol. The smallest absolute Gasteiger partial charge is 0.255 e. The molecule has 0 aromatic carbocycles. The summed E-state index contributed by atoms with van der Waals surface area (Å²) in [4.78, 5) is 39.2. The summed E-state index contributed by atoms with van der Waals surface area (Å²) in [6.45, 7) is 10.0. The number of ether oxygens (including phenoxy) is 2. The summed E-state index contributed by atoms with van der Waals surface area (Å²) in [5.41, 5.74) is 4.20. The van der Waals surface area contributed by atoms with Crippen LogP contribution >= 0.6 is 0 Å². The normalized spacial score (nSPS) is 14.2. The SMILES string of the molecule is COc1cc(C(=O)N(C)CCCC(C)(C)[Si](C)(C)O)cnc1-c1cc2nccc(-c3ccc(NC4CCOCC4)c(C#N)n3)c2o1. The fourth-order valence-electron chi connectivity index (χ4n) is 5.42. The number of nitrogens with one attached hydrogen (secondary N) is 1. The van der Waals surface area contributed by atoms with Gasteiger partial charge in [-0.05, 0) is 68.1 Å². The first-order chi connectivity index (χ1) is 21.9. The van der Waals surface area contributed by atoms with E-state index in [0.29, 0.717) is 76.3 Å². The number of amides is 1. The van der Waals surface area contributed by atoms with Crippen molar-refractivity contribution in [2.75, 3.05) is 39.2 Å². The first kappa shape index (κ1) is 33.1. The van der Waals surface area contributed by atoms with Crippen molar-refractivity contribution >= 4 is 31.0 Å². The minimum atomic E-state index is -2.31. The van der Waals surface area contributed by atoms with Gasteiger partial charge in [0.2, 0.25) is 0 Å². The van der Waals surface area contributed by atoms with Gasteiger partial charge in [0.25, 0.3) is 5.91 Å². The van der Waals surface area contributed by atoms with Crippen LogP contribution in [0.4, 0.5) is 5.69 Å². The Kier molecular flexibility index (Phi) is 9.76. The lowest BCUT2D eigenvalue weighted by molar-refractivity contribution is 0.0790. The fraction of sp³-hybridized carbons (Fsp3) is 0.441. The lowest BCUT2D eigenvalue weighted by atomic mass is 10.1. The van der Waals surface area contributed by atoms with E-state index in [0.717, 1.165) is 25.7 Å². The second-order valence-corrected chi connectivity index (χ2v) is 17.4. The standard InChI is InChI=1S/C34H42N6O5Si/c1-34(2,46(5,6)42)13-7-15-40(3)33(41)22-18-29(43-4)31(37-21-22)30-19-27-32(45-30)24(10-14-36-27)25-8-9-26(28(20-35)39-25)38-23-11-16-44-17-12-23/h8-10,14,18-19,21,23,38,42H,7,11-13,15-17H2,1-6H3. The Balaban J connectivity index is 1.36. The summed E-state index contributed by atoms with van der Waals surface area (Å²) in [6, 6.07) is 11.4. The van der Waals surface area contributed by atoms with Crippen LogP contribution in [-0.2, 0) is 4.74 Å². The molecule has 0 spiro atoms. The molecule has 12 heteroatoms. The third kappa shape index (κ3) is 7.07. The summed E-state index contributed by atoms with van der Waals surface area (Å²) in [7, 11) is 0.977. The van der Waals surface area contributed by atoms with Crippen molar-refractivity contribution < 1.29 is 23.5 Å². The van der Waals surface area contributed by atoms with Gasteiger partial charge in [-0.3, -0.25) is 9.78 Å². The third-order valence-electron chi connectivity index (χ3n) is 9.12. The molecule has 0 aliphatic carbocycles. The fourth-order valence-corrected chi connectivity index (χ4v) is 6.21. The summed E-state index contributed by atoms with van der Waals surface area (Å²) in [6.07, 6.45) is 6.55. The zero-order chi connectivity index (χ0) is 33.1. The molecular formula is C34H42N6O5Si. The van der Waals surface area contributed by atoms with E-state index in [1.807, 2.05) is 25.2 Å². The van der Waals surface area contributed by atoms with Crippen LogP contribution in [0.25, 0.3) is 33.8 Å². The molecule has 1 aliphatic heterocycles. The Morgan fingerprint density at radius 2 is 1.98 bits per heavy atom. The number of aromatic nitrogens is 3. The van der Waals surface area contributed by atoms with Crippen LogP contribution in [0.15, 0.2) is 47.1 Å². The third-order valence-corrected chi connectivity index (χ3v) is 12.7. The lowest BCUT2D eigenvalue weighted by Gasteiger charge is -2.35.